The average molecular weight is 248 g/mol. The summed E-state index contributed by atoms with van der Waals surface area (Å²) in [5.74, 6) is 1.75. The van der Waals surface area contributed by atoms with Gasteiger partial charge in [-0.25, -0.2) is 0 Å². The summed E-state index contributed by atoms with van der Waals surface area (Å²) >= 11 is 0. The Bertz CT molecular complexity index is 381. The van der Waals surface area contributed by atoms with Crippen LogP contribution in [0.15, 0.2) is 24.3 Å². The summed E-state index contributed by atoms with van der Waals surface area (Å²) < 4.78 is 5.80. The van der Waals surface area contributed by atoms with Crippen LogP contribution in [0.25, 0.3) is 0 Å². The first kappa shape index (κ1) is 13.4. The molecule has 0 saturated carbocycles. The Morgan fingerprint density at radius 1 is 1.39 bits per heavy atom. The second-order valence-electron chi connectivity index (χ2n) is 5.38. The van der Waals surface area contributed by atoms with E-state index in [4.69, 9.17) is 10.5 Å². The van der Waals surface area contributed by atoms with Crippen LogP contribution in [0.4, 0.5) is 0 Å². The van der Waals surface area contributed by atoms with Crippen molar-refractivity contribution in [3.63, 3.8) is 0 Å². The number of likely N-dealkylation sites (tertiary alicyclic amines) is 1. The highest BCUT2D eigenvalue weighted by molar-refractivity contribution is 5.28. The van der Waals surface area contributed by atoms with Gasteiger partial charge in [-0.15, -0.1) is 0 Å². The molecule has 1 aromatic carbocycles. The van der Waals surface area contributed by atoms with Crippen molar-refractivity contribution in [2.24, 2.45) is 11.7 Å². The second kappa shape index (κ2) is 6.21. The van der Waals surface area contributed by atoms with E-state index >= 15 is 0 Å². The van der Waals surface area contributed by atoms with Crippen molar-refractivity contribution in [3.05, 3.63) is 29.8 Å². The van der Waals surface area contributed by atoms with Gasteiger partial charge in [0.05, 0.1) is 0 Å². The third-order valence-corrected chi connectivity index (χ3v) is 3.69. The van der Waals surface area contributed by atoms with Gasteiger partial charge in [-0.05, 0) is 37.0 Å². The summed E-state index contributed by atoms with van der Waals surface area (Å²) in [5, 5.41) is 0. The fourth-order valence-electron chi connectivity index (χ4n) is 2.74. The molecule has 2 unspecified atom stereocenters. The molecular weight excluding hydrogens is 224 g/mol. The van der Waals surface area contributed by atoms with Crippen LogP contribution in [-0.2, 0) is 6.54 Å². The monoisotopic (exact) mass is 248 g/mol. The average Bonchev–Trinajstić information content (AvgIpc) is 2.68. The minimum absolute atomic E-state index is 0.567. The van der Waals surface area contributed by atoms with Crippen LogP contribution in [-0.4, -0.2) is 30.6 Å². The number of nitrogens with zero attached hydrogens (tertiary/aromatic N) is 1. The van der Waals surface area contributed by atoms with Gasteiger partial charge in [0.25, 0.3) is 0 Å². The van der Waals surface area contributed by atoms with E-state index < -0.39 is 0 Å². The number of hydrogen-bond donors (Lipinski definition) is 1. The zero-order valence-corrected chi connectivity index (χ0v) is 11.4. The van der Waals surface area contributed by atoms with Gasteiger partial charge in [-0.3, -0.25) is 4.90 Å². The number of rotatable bonds is 5. The molecule has 2 atom stereocenters. The van der Waals surface area contributed by atoms with E-state index in [1.165, 1.54) is 13.0 Å². The minimum Gasteiger partial charge on any atom is -0.492 e. The molecule has 1 aliphatic heterocycles. The summed E-state index contributed by atoms with van der Waals surface area (Å²) in [5.41, 5.74) is 6.74. The van der Waals surface area contributed by atoms with Gasteiger partial charge in [0, 0.05) is 25.7 Å². The predicted molar refractivity (Wildman–Crippen MR) is 74.6 cm³/mol. The van der Waals surface area contributed by atoms with Crippen molar-refractivity contribution in [1.82, 2.24) is 4.90 Å². The molecule has 1 saturated heterocycles. The number of nitrogens with two attached hydrogens (primary N) is 1. The molecule has 18 heavy (non-hydrogen) atoms. The Hall–Kier alpha value is -1.06. The molecule has 0 bridgehead atoms. The van der Waals surface area contributed by atoms with E-state index in [-0.39, 0.29) is 0 Å². The maximum atomic E-state index is 5.80. The van der Waals surface area contributed by atoms with Crippen LogP contribution in [0.1, 0.15) is 25.8 Å². The van der Waals surface area contributed by atoms with Crippen molar-refractivity contribution in [1.29, 1.82) is 0 Å². The van der Waals surface area contributed by atoms with Gasteiger partial charge in [-0.2, -0.15) is 0 Å². The minimum atomic E-state index is 0.567. The van der Waals surface area contributed by atoms with E-state index in [0.717, 1.165) is 30.4 Å². The summed E-state index contributed by atoms with van der Waals surface area (Å²) in [4.78, 5) is 2.51. The van der Waals surface area contributed by atoms with Crippen LogP contribution < -0.4 is 10.5 Å². The van der Waals surface area contributed by atoms with Crippen molar-refractivity contribution < 1.29 is 4.74 Å². The van der Waals surface area contributed by atoms with Crippen molar-refractivity contribution in [2.45, 2.75) is 32.9 Å². The van der Waals surface area contributed by atoms with Crippen LogP contribution in [0, 0.1) is 5.92 Å². The Kier molecular flexibility index (Phi) is 4.61. The van der Waals surface area contributed by atoms with Gasteiger partial charge < -0.3 is 10.5 Å². The lowest BCUT2D eigenvalue weighted by atomic mass is 10.1. The molecule has 3 nitrogen and oxygen atoms in total. The molecule has 0 aromatic heterocycles. The first-order valence-electron chi connectivity index (χ1n) is 6.85. The summed E-state index contributed by atoms with van der Waals surface area (Å²) in [6, 6.07) is 8.74. The van der Waals surface area contributed by atoms with E-state index in [0.29, 0.717) is 12.6 Å². The normalized spacial score (nSPS) is 24.4. The molecular formula is C15H24N2O. The molecule has 3 heteroatoms. The standard InChI is InChI=1S/C15H24N2O/c1-12-8-13(2)17(11-12)6-7-18-15-5-3-4-14(9-15)10-16/h3-5,9,12-13H,6-8,10-11,16H2,1-2H3. The first-order chi connectivity index (χ1) is 8.69. The third kappa shape index (κ3) is 3.47. The van der Waals surface area contributed by atoms with E-state index in [2.05, 4.69) is 18.7 Å². The quantitative estimate of drug-likeness (QED) is 0.868. The van der Waals surface area contributed by atoms with Gasteiger partial charge in [0.15, 0.2) is 0 Å². The van der Waals surface area contributed by atoms with Crippen molar-refractivity contribution >= 4 is 0 Å². The molecule has 0 radical (unpaired) electrons. The topological polar surface area (TPSA) is 38.5 Å². The highest BCUT2D eigenvalue weighted by Crippen LogP contribution is 2.21. The van der Waals surface area contributed by atoms with Crippen LogP contribution in [0.2, 0.25) is 0 Å². The van der Waals surface area contributed by atoms with Crippen LogP contribution in [0.3, 0.4) is 0 Å². The molecule has 1 heterocycles. The zero-order valence-electron chi connectivity index (χ0n) is 11.4. The summed E-state index contributed by atoms with van der Waals surface area (Å²) in [6.07, 6.45) is 1.31. The van der Waals surface area contributed by atoms with Gasteiger partial charge >= 0.3 is 0 Å². The lowest BCUT2D eigenvalue weighted by molar-refractivity contribution is 0.202. The lowest BCUT2D eigenvalue weighted by Gasteiger charge is -2.21. The summed E-state index contributed by atoms with van der Waals surface area (Å²) in [6.45, 7) is 8.16. The summed E-state index contributed by atoms with van der Waals surface area (Å²) in [7, 11) is 0. The Labute approximate surface area is 110 Å². The number of hydrogen-bond acceptors (Lipinski definition) is 3. The molecule has 0 spiro atoms. The van der Waals surface area contributed by atoms with Gasteiger partial charge in [0.2, 0.25) is 0 Å². The van der Waals surface area contributed by atoms with Gasteiger partial charge in [-0.1, -0.05) is 19.1 Å². The Morgan fingerprint density at radius 2 is 2.22 bits per heavy atom. The van der Waals surface area contributed by atoms with Crippen molar-refractivity contribution in [2.75, 3.05) is 19.7 Å². The van der Waals surface area contributed by atoms with Crippen LogP contribution >= 0.6 is 0 Å². The molecule has 2 rings (SSSR count). The second-order valence-corrected chi connectivity index (χ2v) is 5.38. The van der Waals surface area contributed by atoms with E-state index in [1.54, 1.807) is 0 Å². The zero-order chi connectivity index (χ0) is 13.0. The third-order valence-electron chi connectivity index (χ3n) is 3.69. The SMILES string of the molecule is CC1CC(C)N(CCOc2cccc(CN)c2)C1. The molecule has 2 N–H and O–H groups in total. The maximum absolute atomic E-state index is 5.80. The van der Waals surface area contributed by atoms with Crippen LogP contribution in [0.5, 0.6) is 5.75 Å². The maximum Gasteiger partial charge on any atom is 0.119 e. The lowest BCUT2D eigenvalue weighted by Crippen LogP contribution is -2.31. The fourth-order valence-corrected chi connectivity index (χ4v) is 2.74. The predicted octanol–water partition coefficient (Wildman–Crippen LogP) is 2.25. The first-order valence-corrected chi connectivity index (χ1v) is 6.85. The molecule has 1 aromatic rings. The molecule has 0 amide bonds. The number of benzene rings is 1. The Balaban J connectivity index is 1.78. The fraction of sp³-hybridized carbons (Fsp3) is 0.600. The molecule has 100 valence electrons. The Morgan fingerprint density at radius 3 is 2.89 bits per heavy atom. The molecule has 0 aliphatic carbocycles. The smallest absolute Gasteiger partial charge is 0.119 e. The van der Waals surface area contributed by atoms with E-state index in [1.807, 2.05) is 24.3 Å². The van der Waals surface area contributed by atoms with Gasteiger partial charge in [0.1, 0.15) is 12.4 Å². The molecule has 1 fully saturated rings. The largest absolute Gasteiger partial charge is 0.492 e. The molecule has 1 aliphatic rings. The highest BCUT2D eigenvalue weighted by atomic mass is 16.5. The highest BCUT2D eigenvalue weighted by Gasteiger charge is 2.25. The van der Waals surface area contributed by atoms with Crippen molar-refractivity contribution in [3.8, 4) is 5.75 Å². The number of ether oxygens (including phenoxy) is 1. The van der Waals surface area contributed by atoms with E-state index in [9.17, 15) is 0 Å².